The summed E-state index contributed by atoms with van der Waals surface area (Å²) < 4.78 is 84.4. The van der Waals surface area contributed by atoms with Crippen LogP contribution in [0, 0.1) is 27.4 Å². The first kappa shape index (κ1) is 40.8. The van der Waals surface area contributed by atoms with Gasteiger partial charge in [0, 0.05) is 68.2 Å². The van der Waals surface area contributed by atoms with Crippen molar-refractivity contribution in [2.24, 2.45) is 17.3 Å². The minimum Gasteiger partial charge on any atom is -0.455 e. The maximum absolute atomic E-state index is 14.5. The lowest BCUT2D eigenvalue weighted by molar-refractivity contribution is -0.384. The summed E-state index contributed by atoms with van der Waals surface area (Å²) >= 11 is 0. The number of ether oxygens (including phenoxy) is 2. The third-order valence-electron chi connectivity index (χ3n) is 12.5. The number of halogens is 3. The summed E-state index contributed by atoms with van der Waals surface area (Å²) in [5.74, 6) is -1.31. The van der Waals surface area contributed by atoms with Crippen molar-refractivity contribution in [2.75, 3.05) is 56.2 Å². The molecule has 19 heteroatoms. The zero-order valence-corrected chi connectivity index (χ0v) is 33.4. The molecule has 15 nitrogen and oxygen atoms in total. The second kappa shape index (κ2) is 16.2. The number of aromatic amines is 1. The maximum atomic E-state index is 14.5. The average Bonchev–Trinajstić information content (AvgIpc) is 3.67. The molecular weight excluding hydrogens is 794 g/mol. The standard InChI is InChI=1S/C40H47F3N8O7S/c1-25-2-4-26(5-3-25)23-45-37-32(51(53)54)20-34(35(47-37)40(41,42)43)59(55,56)48-38(52)31-7-6-28(19-33(31)58-30-18-27-8-11-44-36(27)46-24-30)49-12-9-39(10-13-49)21-29(22-39)50-14-16-57-17-15-50/h6-8,11,18-20,24-26,29H,2-5,9-10,12-17,21-23H2,1H3,(H,44,46)(H,45,47)(H,48,52). The Labute approximate surface area is 339 Å². The largest absolute Gasteiger partial charge is 0.455 e. The number of anilines is 2. The summed E-state index contributed by atoms with van der Waals surface area (Å²) in [7, 11) is -5.41. The van der Waals surface area contributed by atoms with Gasteiger partial charge in [0.1, 0.15) is 22.0 Å². The van der Waals surface area contributed by atoms with Crippen LogP contribution in [0.1, 0.15) is 74.3 Å². The lowest BCUT2D eigenvalue weighted by atomic mass is 9.60. The molecule has 3 aromatic heterocycles. The Balaban J connectivity index is 1.05. The first-order valence-electron chi connectivity index (χ1n) is 20.1. The molecule has 1 amide bonds. The Morgan fingerprint density at radius 2 is 1.80 bits per heavy atom. The van der Waals surface area contributed by atoms with E-state index in [4.69, 9.17) is 9.47 Å². The number of morpholine rings is 1. The molecule has 1 aromatic carbocycles. The Morgan fingerprint density at radius 3 is 2.49 bits per heavy atom. The lowest BCUT2D eigenvalue weighted by Gasteiger charge is -2.56. The number of alkyl halides is 3. The number of nitro groups is 1. The van der Waals surface area contributed by atoms with E-state index in [1.165, 1.54) is 12.3 Å². The topological polar surface area (TPSA) is 185 Å². The third-order valence-corrected chi connectivity index (χ3v) is 13.9. The van der Waals surface area contributed by atoms with E-state index in [-0.39, 0.29) is 34.9 Å². The Bertz CT molecular complexity index is 2310. The van der Waals surface area contributed by atoms with Gasteiger partial charge in [0.15, 0.2) is 5.69 Å². The van der Waals surface area contributed by atoms with Crippen molar-refractivity contribution in [2.45, 2.75) is 75.4 Å². The number of carbonyl (C=O) groups excluding carboxylic acids is 1. The molecule has 0 unspecified atom stereocenters. The van der Waals surface area contributed by atoms with E-state index in [9.17, 15) is 36.5 Å². The van der Waals surface area contributed by atoms with E-state index in [0.29, 0.717) is 34.7 Å². The van der Waals surface area contributed by atoms with Crippen LogP contribution >= 0.6 is 0 Å². The predicted octanol–water partition coefficient (Wildman–Crippen LogP) is 7.12. The summed E-state index contributed by atoms with van der Waals surface area (Å²) in [5.41, 5.74) is -1.63. The van der Waals surface area contributed by atoms with Crippen molar-refractivity contribution in [3.63, 3.8) is 0 Å². The first-order valence-corrected chi connectivity index (χ1v) is 21.5. The number of fused-ring (bicyclic) bond motifs is 1. The Kier molecular flexibility index (Phi) is 11.2. The fourth-order valence-corrected chi connectivity index (χ4v) is 10.2. The minimum atomic E-state index is -5.41. The fraction of sp³-hybridized carbons (Fsp3) is 0.525. The van der Waals surface area contributed by atoms with E-state index in [0.717, 1.165) is 90.8 Å². The second-order valence-corrected chi connectivity index (χ2v) is 18.1. The van der Waals surface area contributed by atoms with E-state index < -0.39 is 49.1 Å². The summed E-state index contributed by atoms with van der Waals surface area (Å²) in [6.07, 6.45) is 5.34. The van der Waals surface area contributed by atoms with Crippen molar-refractivity contribution in [3.8, 4) is 11.5 Å². The zero-order valence-electron chi connectivity index (χ0n) is 32.6. The molecule has 5 heterocycles. The molecule has 4 aliphatic rings. The van der Waals surface area contributed by atoms with Gasteiger partial charge in [-0.25, -0.2) is 23.1 Å². The number of nitrogens with one attached hydrogen (secondary N) is 3. The molecule has 4 aromatic rings. The van der Waals surface area contributed by atoms with Crippen LogP contribution in [0.5, 0.6) is 11.5 Å². The van der Waals surface area contributed by atoms with Crippen LogP contribution in [-0.2, 0) is 20.9 Å². The number of aromatic nitrogens is 3. The highest BCUT2D eigenvalue weighted by Gasteiger charge is 2.48. The van der Waals surface area contributed by atoms with Crippen LogP contribution in [0.2, 0.25) is 0 Å². The van der Waals surface area contributed by atoms with Gasteiger partial charge < -0.3 is 24.7 Å². The highest BCUT2D eigenvalue weighted by molar-refractivity contribution is 7.90. The van der Waals surface area contributed by atoms with Gasteiger partial charge in [-0.1, -0.05) is 19.8 Å². The molecule has 0 radical (unpaired) electrons. The highest BCUT2D eigenvalue weighted by Crippen LogP contribution is 2.51. The molecule has 3 N–H and O–H groups in total. The maximum Gasteiger partial charge on any atom is 0.434 e. The van der Waals surface area contributed by atoms with Crippen LogP contribution in [0.15, 0.2) is 53.7 Å². The Hall–Kier alpha value is -5.01. The van der Waals surface area contributed by atoms with Gasteiger partial charge in [-0.15, -0.1) is 0 Å². The van der Waals surface area contributed by atoms with Crippen molar-refractivity contribution in [1.29, 1.82) is 0 Å². The molecule has 0 bridgehead atoms. The number of hydrogen-bond donors (Lipinski definition) is 3. The van der Waals surface area contributed by atoms with E-state index in [2.05, 4.69) is 37.0 Å². The van der Waals surface area contributed by atoms with Crippen LogP contribution in [0.3, 0.4) is 0 Å². The summed E-state index contributed by atoms with van der Waals surface area (Å²) in [6, 6.07) is 8.87. The summed E-state index contributed by atoms with van der Waals surface area (Å²) in [4.78, 5) is 38.9. The smallest absolute Gasteiger partial charge is 0.434 e. The number of carbonyl (C=O) groups is 1. The number of hydrogen-bond acceptors (Lipinski definition) is 12. The molecule has 2 saturated carbocycles. The van der Waals surface area contributed by atoms with Gasteiger partial charge in [0.05, 0.1) is 29.9 Å². The number of H-pyrrole nitrogens is 1. The van der Waals surface area contributed by atoms with Crippen LogP contribution in [-0.4, -0.2) is 91.1 Å². The molecule has 2 aliphatic heterocycles. The molecule has 2 saturated heterocycles. The lowest BCUT2D eigenvalue weighted by Crippen LogP contribution is -2.57. The van der Waals surface area contributed by atoms with E-state index in [1.54, 1.807) is 35.2 Å². The van der Waals surface area contributed by atoms with Crippen LogP contribution in [0.25, 0.3) is 11.0 Å². The van der Waals surface area contributed by atoms with Crippen molar-refractivity contribution in [1.82, 2.24) is 24.6 Å². The molecular formula is C40H47F3N8O7S. The molecule has 59 heavy (non-hydrogen) atoms. The average molecular weight is 841 g/mol. The van der Waals surface area contributed by atoms with Crippen molar-refractivity contribution in [3.05, 3.63) is 70.2 Å². The SMILES string of the molecule is CC1CCC(CNc2nc(C(F)(F)F)c(S(=O)(=O)NC(=O)c3ccc(N4CCC5(CC4)CC(N4CCOCC4)C5)cc3Oc3cnc4[nH]ccc4c3)cc2[N+](=O)[O-])CC1. The number of pyridine rings is 2. The van der Waals surface area contributed by atoms with Gasteiger partial charge >= 0.3 is 11.9 Å². The number of benzene rings is 1. The molecule has 4 fully saturated rings. The summed E-state index contributed by atoms with van der Waals surface area (Å²) in [5, 5.41) is 15.5. The number of piperidine rings is 1. The third kappa shape index (κ3) is 8.82. The second-order valence-electron chi connectivity index (χ2n) is 16.5. The van der Waals surface area contributed by atoms with Crippen molar-refractivity contribution < 1.29 is 40.8 Å². The van der Waals surface area contributed by atoms with Gasteiger partial charge in [0.2, 0.25) is 5.82 Å². The monoisotopic (exact) mass is 840 g/mol. The van der Waals surface area contributed by atoms with E-state index >= 15 is 0 Å². The van der Waals surface area contributed by atoms with E-state index in [1.807, 2.05) is 0 Å². The number of amides is 1. The quantitative estimate of drug-likeness (QED) is 0.103. The number of nitrogens with zero attached hydrogens (tertiary/aromatic N) is 5. The van der Waals surface area contributed by atoms with Gasteiger partial charge in [-0.3, -0.25) is 19.8 Å². The van der Waals surface area contributed by atoms with Gasteiger partial charge in [0.25, 0.3) is 15.9 Å². The molecule has 316 valence electrons. The molecule has 0 atom stereocenters. The Morgan fingerprint density at radius 1 is 1.07 bits per heavy atom. The van der Waals surface area contributed by atoms with Crippen molar-refractivity contribution >= 4 is 44.2 Å². The van der Waals surface area contributed by atoms with Gasteiger partial charge in [-0.05, 0) is 80.0 Å². The predicted molar refractivity (Wildman–Crippen MR) is 212 cm³/mol. The van der Waals surface area contributed by atoms with Crippen LogP contribution in [0.4, 0.5) is 30.4 Å². The highest BCUT2D eigenvalue weighted by atomic mass is 32.2. The minimum absolute atomic E-state index is 0.0517. The first-order chi connectivity index (χ1) is 28.2. The number of sulfonamides is 1. The normalized spacial score (nSPS) is 21.6. The summed E-state index contributed by atoms with van der Waals surface area (Å²) in [6.45, 7) is 7.13. The zero-order chi connectivity index (χ0) is 41.5. The number of rotatable bonds is 11. The van der Waals surface area contributed by atoms with Crippen LogP contribution < -0.4 is 19.7 Å². The van der Waals surface area contributed by atoms with Gasteiger partial charge in [-0.2, -0.15) is 13.2 Å². The molecule has 8 rings (SSSR count). The molecule has 2 aliphatic carbocycles. The fourth-order valence-electron chi connectivity index (χ4n) is 9.04. The molecule has 1 spiro atoms.